The van der Waals surface area contributed by atoms with Crippen LogP contribution in [0.1, 0.15) is 31.3 Å². The predicted molar refractivity (Wildman–Crippen MR) is 85.7 cm³/mol. The van der Waals surface area contributed by atoms with Crippen LogP contribution in [0.4, 0.5) is 5.69 Å². The Morgan fingerprint density at radius 1 is 1.29 bits per heavy atom. The minimum absolute atomic E-state index is 0.0916. The van der Waals surface area contributed by atoms with Crippen molar-refractivity contribution >= 4 is 11.6 Å². The number of likely N-dealkylation sites (N-methyl/N-ethyl adjacent to an activating group) is 1. The van der Waals surface area contributed by atoms with Crippen LogP contribution in [0.3, 0.4) is 0 Å². The van der Waals surface area contributed by atoms with Gasteiger partial charge in [-0.25, -0.2) is 4.98 Å². The van der Waals surface area contributed by atoms with Crippen molar-refractivity contribution in [1.82, 2.24) is 15.2 Å². The van der Waals surface area contributed by atoms with Gasteiger partial charge in [0.05, 0.1) is 11.9 Å². The van der Waals surface area contributed by atoms with E-state index >= 15 is 0 Å². The van der Waals surface area contributed by atoms with E-state index in [9.17, 15) is 4.79 Å². The first-order valence-corrected chi connectivity index (χ1v) is 7.81. The van der Waals surface area contributed by atoms with Gasteiger partial charge in [-0.05, 0) is 24.6 Å². The minimum atomic E-state index is -0.0916. The normalized spacial score (nSPS) is 16.3. The number of nitrogens with zero attached hydrogens (tertiary/aromatic N) is 3. The van der Waals surface area contributed by atoms with Crippen molar-refractivity contribution in [2.75, 3.05) is 44.2 Å². The summed E-state index contributed by atoms with van der Waals surface area (Å²) in [6.07, 6.45) is 1.81. The molecule has 0 bridgehead atoms. The van der Waals surface area contributed by atoms with E-state index in [4.69, 9.17) is 0 Å². The lowest BCUT2D eigenvalue weighted by Crippen LogP contribution is -2.46. The molecule has 5 heteroatoms. The largest absolute Gasteiger partial charge is 0.368 e. The smallest absolute Gasteiger partial charge is 0.269 e. The van der Waals surface area contributed by atoms with E-state index in [0.717, 1.165) is 38.4 Å². The molecule has 1 amide bonds. The lowest BCUT2D eigenvalue weighted by atomic mass is 10.2. The average molecular weight is 290 g/mol. The summed E-state index contributed by atoms with van der Waals surface area (Å²) in [6.45, 7) is 12.4. The van der Waals surface area contributed by atoms with Crippen LogP contribution in [0.15, 0.2) is 18.3 Å². The summed E-state index contributed by atoms with van der Waals surface area (Å²) in [7, 11) is 0. The van der Waals surface area contributed by atoms with Crippen LogP contribution in [0.25, 0.3) is 0 Å². The van der Waals surface area contributed by atoms with Gasteiger partial charge in [-0.1, -0.05) is 20.8 Å². The molecule has 1 aliphatic heterocycles. The van der Waals surface area contributed by atoms with Gasteiger partial charge >= 0.3 is 0 Å². The maximum absolute atomic E-state index is 11.9. The molecule has 0 aliphatic carbocycles. The van der Waals surface area contributed by atoms with Crippen LogP contribution in [0, 0.1) is 5.92 Å². The summed E-state index contributed by atoms with van der Waals surface area (Å²) in [6, 6.07) is 3.82. The number of pyridine rings is 1. The van der Waals surface area contributed by atoms with Crippen molar-refractivity contribution in [3.05, 3.63) is 24.0 Å². The topological polar surface area (TPSA) is 48.5 Å². The van der Waals surface area contributed by atoms with Crippen LogP contribution in [0.2, 0.25) is 0 Å². The van der Waals surface area contributed by atoms with Crippen molar-refractivity contribution < 1.29 is 4.79 Å². The first-order chi connectivity index (χ1) is 10.1. The summed E-state index contributed by atoms with van der Waals surface area (Å²) >= 11 is 0. The summed E-state index contributed by atoms with van der Waals surface area (Å²) in [5.41, 5.74) is 1.60. The van der Waals surface area contributed by atoms with Crippen LogP contribution >= 0.6 is 0 Å². The molecular formula is C16H26N4O. The van der Waals surface area contributed by atoms with Gasteiger partial charge in [0.1, 0.15) is 5.69 Å². The lowest BCUT2D eigenvalue weighted by molar-refractivity contribution is 0.0944. The summed E-state index contributed by atoms with van der Waals surface area (Å²) < 4.78 is 0. The van der Waals surface area contributed by atoms with Crippen LogP contribution in [0.5, 0.6) is 0 Å². The Hall–Kier alpha value is -1.62. The minimum Gasteiger partial charge on any atom is -0.368 e. The molecule has 5 nitrogen and oxygen atoms in total. The highest BCUT2D eigenvalue weighted by molar-refractivity contribution is 5.92. The summed E-state index contributed by atoms with van der Waals surface area (Å²) in [4.78, 5) is 21.0. The predicted octanol–water partition coefficient (Wildman–Crippen LogP) is 1.61. The summed E-state index contributed by atoms with van der Waals surface area (Å²) in [5, 5.41) is 2.89. The fraction of sp³-hybridized carbons (Fsp3) is 0.625. The maximum Gasteiger partial charge on any atom is 0.269 e. The van der Waals surface area contributed by atoms with Crippen molar-refractivity contribution in [3.63, 3.8) is 0 Å². The first kappa shape index (κ1) is 15.8. The van der Waals surface area contributed by atoms with Gasteiger partial charge in [0.15, 0.2) is 0 Å². The van der Waals surface area contributed by atoms with Gasteiger partial charge in [0.25, 0.3) is 5.91 Å². The van der Waals surface area contributed by atoms with E-state index in [2.05, 4.69) is 40.9 Å². The first-order valence-electron chi connectivity index (χ1n) is 7.81. The number of anilines is 1. The Balaban J connectivity index is 1.91. The molecule has 1 fully saturated rings. The lowest BCUT2D eigenvalue weighted by Gasteiger charge is -2.35. The monoisotopic (exact) mass is 290 g/mol. The molecule has 1 saturated heterocycles. The molecule has 2 rings (SSSR count). The third-order valence-corrected chi connectivity index (χ3v) is 3.84. The Bertz CT molecular complexity index is 450. The van der Waals surface area contributed by atoms with Gasteiger partial charge in [0, 0.05) is 32.7 Å². The van der Waals surface area contributed by atoms with Crippen LogP contribution in [-0.4, -0.2) is 55.1 Å². The van der Waals surface area contributed by atoms with Gasteiger partial charge in [-0.15, -0.1) is 0 Å². The zero-order valence-electron chi connectivity index (χ0n) is 13.3. The molecule has 1 aromatic heterocycles. The van der Waals surface area contributed by atoms with Crippen molar-refractivity contribution in [2.45, 2.75) is 20.8 Å². The van der Waals surface area contributed by atoms with E-state index in [-0.39, 0.29) is 5.91 Å². The molecule has 0 radical (unpaired) electrons. The Labute approximate surface area is 127 Å². The van der Waals surface area contributed by atoms with Crippen LogP contribution < -0.4 is 10.2 Å². The quantitative estimate of drug-likeness (QED) is 0.895. The van der Waals surface area contributed by atoms with Gasteiger partial charge < -0.3 is 15.1 Å². The fourth-order valence-corrected chi connectivity index (χ4v) is 2.42. The number of carbonyl (C=O) groups excluding carboxylic acids is 1. The number of piperazine rings is 1. The highest BCUT2D eigenvalue weighted by Crippen LogP contribution is 2.15. The average Bonchev–Trinajstić information content (AvgIpc) is 2.53. The Morgan fingerprint density at radius 3 is 2.52 bits per heavy atom. The molecule has 2 heterocycles. The van der Waals surface area contributed by atoms with Crippen molar-refractivity contribution in [2.24, 2.45) is 5.92 Å². The molecule has 1 N–H and O–H groups in total. The highest BCUT2D eigenvalue weighted by atomic mass is 16.1. The number of nitrogens with one attached hydrogen (secondary N) is 1. The number of aromatic nitrogens is 1. The maximum atomic E-state index is 11.9. The van der Waals surface area contributed by atoms with E-state index < -0.39 is 0 Å². The molecule has 21 heavy (non-hydrogen) atoms. The Kier molecular flexibility index (Phi) is 5.56. The molecule has 116 valence electrons. The van der Waals surface area contributed by atoms with E-state index in [1.807, 2.05) is 18.3 Å². The molecular weight excluding hydrogens is 264 g/mol. The standard InChI is InChI=1S/C16H26N4O/c1-4-19-7-9-20(10-8-19)14-5-6-15(17-12-14)16(21)18-11-13(2)3/h5-6,12-13H,4,7-11H2,1-3H3,(H,18,21). The summed E-state index contributed by atoms with van der Waals surface area (Å²) in [5.74, 6) is 0.356. The SMILES string of the molecule is CCN1CCN(c2ccc(C(=O)NCC(C)C)nc2)CC1. The molecule has 0 saturated carbocycles. The second-order valence-electron chi connectivity index (χ2n) is 5.93. The van der Waals surface area contributed by atoms with Gasteiger partial charge in [0.2, 0.25) is 0 Å². The number of rotatable bonds is 5. The van der Waals surface area contributed by atoms with E-state index in [0.29, 0.717) is 18.2 Å². The number of hydrogen-bond donors (Lipinski definition) is 1. The van der Waals surface area contributed by atoms with Crippen LogP contribution in [-0.2, 0) is 0 Å². The van der Waals surface area contributed by atoms with E-state index in [1.165, 1.54) is 0 Å². The zero-order chi connectivity index (χ0) is 15.2. The molecule has 0 unspecified atom stereocenters. The second-order valence-corrected chi connectivity index (χ2v) is 5.93. The molecule has 0 atom stereocenters. The number of hydrogen-bond acceptors (Lipinski definition) is 4. The Morgan fingerprint density at radius 2 is 2.00 bits per heavy atom. The molecule has 0 aromatic carbocycles. The second kappa shape index (κ2) is 7.41. The third-order valence-electron chi connectivity index (χ3n) is 3.84. The number of carbonyl (C=O) groups is 1. The zero-order valence-corrected chi connectivity index (χ0v) is 13.3. The molecule has 0 spiro atoms. The van der Waals surface area contributed by atoms with E-state index in [1.54, 1.807) is 0 Å². The molecule has 1 aromatic rings. The number of amides is 1. The fourth-order valence-electron chi connectivity index (χ4n) is 2.42. The third kappa shape index (κ3) is 4.43. The van der Waals surface area contributed by atoms with Gasteiger partial charge in [-0.2, -0.15) is 0 Å². The van der Waals surface area contributed by atoms with Crippen molar-refractivity contribution in [1.29, 1.82) is 0 Å². The van der Waals surface area contributed by atoms with Crippen molar-refractivity contribution in [3.8, 4) is 0 Å². The molecule has 1 aliphatic rings. The van der Waals surface area contributed by atoms with Gasteiger partial charge in [-0.3, -0.25) is 4.79 Å². The highest BCUT2D eigenvalue weighted by Gasteiger charge is 2.16.